The highest BCUT2D eigenvalue weighted by Crippen LogP contribution is 2.28. The van der Waals surface area contributed by atoms with Crippen LogP contribution in [-0.2, 0) is 21.9 Å². The van der Waals surface area contributed by atoms with Crippen molar-refractivity contribution in [3.8, 4) is 0 Å². The molecule has 0 fully saturated rings. The summed E-state index contributed by atoms with van der Waals surface area (Å²) >= 11 is 13.9. The molecule has 168 valence electrons. The highest BCUT2D eigenvalue weighted by atomic mass is 35.5. The van der Waals surface area contributed by atoms with Crippen LogP contribution in [0.3, 0.4) is 0 Å². The van der Waals surface area contributed by atoms with Crippen molar-refractivity contribution < 1.29 is 9.59 Å². The molecule has 2 atom stereocenters. The number of rotatable bonds is 10. The van der Waals surface area contributed by atoms with Crippen LogP contribution >= 0.6 is 35.0 Å². The Hall–Kier alpha value is -1.69. The van der Waals surface area contributed by atoms with E-state index in [0.717, 1.165) is 23.1 Å². The third-order valence-electron chi connectivity index (χ3n) is 5.14. The summed E-state index contributed by atoms with van der Waals surface area (Å²) < 4.78 is 0. The van der Waals surface area contributed by atoms with Gasteiger partial charge in [-0.15, -0.1) is 11.8 Å². The third kappa shape index (κ3) is 7.74. The second-order valence-corrected chi connectivity index (χ2v) is 9.50. The largest absolute Gasteiger partial charge is 0.352 e. The van der Waals surface area contributed by atoms with Crippen molar-refractivity contribution in [2.75, 3.05) is 5.75 Å². The maximum Gasteiger partial charge on any atom is 0.242 e. The number of aryl methyl sites for hydroxylation is 1. The SMILES string of the molecule is CC[C@H](C)NC(=O)[C@@H](C)N(Cc1cccc(C)c1)C(=O)CSCc1c(Cl)cccc1Cl. The van der Waals surface area contributed by atoms with Crippen LogP contribution in [0.2, 0.25) is 10.0 Å². The van der Waals surface area contributed by atoms with Crippen molar-refractivity contribution in [2.45, 2.75) is 58.5 Å². The molecule has 0 aliphatic carbocycles. The second kappa shape index (κ2) is 12.4. The minimum absolute atomic E-state index is 0.0580. The molecule has 0 aliphatic heterocycles. The van der Waals surface area contributed by atoms with E-state index in [0.29, 0.717) is 22.3 Å². The van der Waals surface area contributed by atoms with E-state index in [4.69, 9.17) is 23.2 Å². The maximum atomic E-state index is 13.2. The number of amides is 2. The molecule has 0 saturated carbocycles. The lowest BCUT2D eigenvalue weighted by Gasteiger charge is -2.29. The zero-order valence-corrected chi connectivity index (χ0v) is 20.8. The molecule has 31 heavy (non-hydrogen) atoms. The number of thioether (sulfide) groups is 1. The topological polar surface area (TPSA) is 49.4 Å². The van der Waals surface area contributed by atoms with Gasteiger partial charge in [0.1, 0.15) is 6.04 Å². The Kier molecular flexibility index (Phi) is 10.2. The lowest BCUT2D eigenvalue weighted by Crippen LogP contribution is -2.50. The molecule has 0 saturated heterocycles. The van der Waals surface area contributed by atoms with Gasteiger partial charge in [0.25, 0.3) is 0 Å². The number of halogens is 2. The number of hydrogen-bond acceptors (Lipinski definition) is 3. The van der Waals surface area contributed by atoms with E-state index in [-0.39, 0.29) is 23.6 Å². The lowest BCUT2D eigenvalue weighted by molar-refractivity contribution is -0.138. The standard InChI is InChI=1S/C24H30Cl2N2O2S/c1-5-17(3)27-24(30)18(4)28(13-19-9-6-8-16(2)12-19)23(29)15-31-14-20-21(25)10-7-11-22(20)26/h6-12,17-18H,5,13-15H2,1-4H3,(H,27,30)/t17-,18+/m0/s1. The van der Waals surface area contributed by atoms with Gasteiger partial charge in [0.2, 0.25) is 11.8 Å². The summed E-state index contributed by atoms with van der Waals surface area (Å²) in [6.45, 7) is 8.14. The molecule has 0 unspecified atom stereocenters. The van der Waals surface area contributed by atoms with Crippen LogP contribution < -0.4 is 5.32 Å². The molecule has 0 radical (unpaired) electrons. The summed E-state index contributed by atoms with van der Waals surface area (Å²) in [4.78, 5) is 27.6. The Bertz CT molecular complexity index is 887. The summed E-state index contributed by atoms with van der Waals surface area (Å²) in [5.41, 5.74) is 2.93. The number of carbonyl (C=O) groups is 2. The molecule has 2 rings (SSSR count). The normalized spacial score (nSPS) is 12.8. The molecule has 4 nitrogen and oxygen atoms in total. The third-order valence-corrected chi connectivity index (χ3v) is 6.79. The van der Waals surface area contributed by atoms with Gasteiger partial charge in [-0.3, -0.25) is 9.59 Å². The van der Waals surface area contributed by atoms with Crippen LogP contribution in [0.4, 0.5) is 0 Å². The van der Waals surface area contributed by atoms with Crippen LogP contribution in [0.1, 0.15) is 43.9 Å². The Morgan fingerprint density at radius 3 is 2.35 bits per heavy atom. The number of carbonyl (C=O) groups excluding carboxylic acids is 2. The van der Waals surface area contributed by atoms with Gasteiger partial charge < -0.3 is 10.2 Å². The molecular formula is C24H30Cl2N2O2S. The van der Waals surface area contributed by atoms with E-state index in [1.165, 1.54) is 11.8 Å². The average molecular weight is 481 g/mol. The monoisotopic (exact) mass is 480 g/mol. The minimum atomic E-state index is -0.577. The second-order valence-electron chi connectivity index (χ2n) is 7.70. The van der Waals surface area contributed by atoms with E-state index in [2.05, 4.69) is 5.32 Å². The van der Waals surface area contributed by atoms with Gasteiger partial charge in [-0.05, 0) is 50.5 Å². The number of hydrogen-bond donors (Lipinski definition) is 1. The van der Waals surface area contributed by atoms with Gasteiger partial charge in [-0.2, -0.15) is 0 Å². The fourth-order valence-electron chi connectivity index (χ4n) is 3.05. The van der Waals surface area contributed by atoms with E-state index in [1.54, 1.807) is 30.0 Å². The van der Waals surface area contributed by atoms with Crippen molar-refractivity contribution in [3.05, 3.63) is 69.2 Å². The molecule has 0 bridgehead atoms. The summed E-state index contributed by atoms with van der Waals surface area (Å²) in [6, 6.07) is 12.8. The van der Waals surface area contributed by atoms with E-state index in [9.17, 15) is 9.59 Å². The first kappa shape index (κ1) is 25.6. The number of nitrogens with zero attached hydrogens (tertiary/aromatic N) is 1. The van der Waals surface area contributed by atoms with Crippen molar-refractivity contribution >= 4 is 46.8 Å². The smallest absolute Gasteiger partial charge is 0.242 e. The molecule has 0 aromatic heterocycles. The first-order chi connectivity index (χ1) is 14.7. The molecule has 0 heterocycles. The average Bonchev–Trinajstić information content (AvgIpc) is 2.73. The van der Waals surface area contributed by atoms with Crippen molar-refractivity contribution in [1.29, 1.82) is 0 Å². The summed E-state index contributed by atoms with van der Waals surface area (Å²) in [5.74, 6) is 0.514. The Morgan fingerprint density at radius 2 is 1.74 bits per heavy atom. The van der Waals surface area contributed by atoms with Gasteiger partial charge in [0.05, 0.1) is 5.75 Å². The predicted octanol–water partition coefficient (Wildman–Crippen LogP) is 5.87. The quantitative estimate of drug-likeness (QED) is 0.462. The molecule has 0 aliphatic rings. The number of nitrogens with one attached hydrogen (secondary N) is 1. The number of benzene rings is 2. The van der Waals surface area contributed by atoms with Gasteiger partial charge >= 0.3 is 0 Å². The fraction of sp³-hybridized carbons (Fsp3) is 0.417. The van der Waals surface area contributed by atoms with Crippen molar-refractivity contribution in [3.63, 3.8) is 0 Å². The van der Waals surface area contributed by atoms with Crippen LogP contribution in [0.25, 0.3) is 0 Å². The molecule has 2 aromatic rings. The zero-order chi connectivity index (χ0) is 23.0. The molecule has 2 amide bonds. The first-order valence-electron chi connectivity index (χ1n) is 10.4. The highest BCUT2D eigenvalue weighted by molar-refractivity contribution is 7.99. The van der Waals surface area contributed by atoms with E-state index >= 15 is 0 Å². The zero-order valence-electron chi connectivity index (χ0n) is 18.5. The van der Waals surface area contributed by atoms with E-state index < -0.39 is 6.04 Å². The van der Waals surface area contributed by atoms with Crippen LogP contribution in [0.5, 0.6) is 0 Å². The Labute approximate surface area is 199 Å². The summed E-state index contributed by atoms with van der Waals surface area (Å²) in [6.07, 6.45) is 0.832. The molecule has 7 heteroatoms. The van der Waals surface area contributed by atoms with Gasteiger partial charge in [-0.1, -0.05) is 66.0 Å². The fourth-order valence-corrected chi connectivity index (χ4v) is 4.70. The molecule has 0 spiro atoms. The molecular weight excluding hydrogens is 451 g/mol. The van der Waals surface area contributed by atoms with Gasteiger partial charge in [0, 0.05) is 28.4 Å². The van der Waals surface area contributed by atoms with Crippen LogP contribution in [0.15, 0.2) is 42.5 Å². The van der Waals surface area contributed by atoms with Crippen LogP contribution in [-0.4, -0.2) is 34.6 Å². The highest BCUT2D eigenvalue weighted by Gasteiger charge is 2.26. The minimum Gasteiger partial charge on any atom is -0.352 e. The Balaban J connectivity index is 2.12. The lowest BCUT2D eigenvalue weighted by atomic mass is 10.1. The van der Waals surface area contributed by atoms with Crippen molar-refractivity contribution in [2.24, 2.45) is 0 Å². The summed E-state index contributed by atoms with van der Waals surface area (Å²) in [5, 5.41) is 4.16. The van der Waals surface area contributed by atoms with E-state index in [1.807, 2.05) is 45.0 Å². The predicted molar refractivity (Wildman–Crippen MR) is 132 cm³/mol. The van der Waals surface area contributed by atoms with Gasteiger partial charge in [-0.25, -0.2) is 0 Å². The van der Waals surface area contributed by atoms with Gasteiger partial charge in [0.15, 0.2) is 0 Å². The van der Waals surface area contributed by atoms with Crippen molar-refractivity contribution in [1.82, 2.24) is 10.2 Å². The van der Waals surface area contributed by atoms with Crippen LogP contribution in [0, 0.1) is 6.92 Å². The summed E-state index contributed by atoms with van der Waals surface area (Å²) in [7, 11) is 0. The maximum absolute atomic E-state index is 13.2. The molecule has 1 N–H and O–H groups in total. The first-order valence-corrected chi connectivity index (χ1v) is 12.3. The molecule has 2 aromatic carbocycles. The Morgan fingerprint density at radius 1 is 1.10 bits per heavy atom.